The molecule has 0 aromatic heterocycles. The molecule has 4 aromatic rings. The van der Waals surface area contributed by atoms with E-state index in [1.165, 1.54) is 6.07 Å². The van der Waals surface area contributed by atoms with Crippen LogP contribution in [0.2, 0.25) is 0 Å². The van der Waals surface area contributed by atoms with Gasteiger partial charge >= 0.3 is 0 Å². The summed E-state index contributed by atoms with van der Waals surface area (Å²) in [5, 5.41) is 0. The molecule has 28 heavy (non-hydrogen) atoms. The Morgan fingerprint density at radius 2 is 0.929 bits per heavy atom. The van der Waals surface area contributed by atoms with Crippen molar-refractivity contribution in [1.82, 2.24) is 0 Å². The summed E-state index contributed by atoms with van der Waals surface area (Å²) in [6.07, 6.45) is 0. The van der Waals surface area contributed by atoms with Crippen molar-refractivity contribution in [3.8, 4) is 33.4 Å². The normalized spacial score (nSPS) is 11.3. The second-order valence-electron chi connectivity index (χ2n) is 6.47. The van der Waals surface area contributed by atoms with Crippen LogP contribution in [-0.4, -0.2) is 8.42 Å². The van der Waals surface area contributed by atoms with E-state index < -0.39 is 9.05 Å². The fourth-order valence-corrected chi connectivity index (χ4v) is 4.39. The summed E-state index contributed by atoms with van der Waals surface area (Å²) in [5.41, 5.74) is 5.55. The van der Waals surface area contributed by atoms with Gasteiger partial charge in [-0.15, -0.1) is 0 Å². The van der Waals surface area contributed by atoms with Crippen molar-refractivity contribution in [3.63, 3.8) is 0 Å². The van der Waals surface area contributed by atoms with E-state index in [0.717, 1.165) is 27.8 Å². The van der Waals surface area contributed by atoms with Crippen LogP contribution in [0.4, 0.5) is 0 Å². The molecule has 0 radical (unpaired) electrons. The first-order chi connectivity index (χ1) is 13.5. The maximum Gasteiger partial charge on any atom is 0.261 e. The lowest BCUT2D eigenvalue weighted by Crippen LogP contribution is -1.95. The molecular weight excluding hydrogens is 388 g/mol. The highest BCUT2D eigenvalue weighted by atomic mass is 35.7. The fraction of sp³-hybridized carbons (Fsp3) is 0. The van der Waals surface area contributed by atoms with Crippen molar-refractivity contribution in [2.45, 2.75) is 4.90 Å². The number of benzene rings is 4. The maximum atomic E-state index is 12.1. The van der Waals surface area contributed by atoms with Gasteiger partial charge in [0.15, 0.2) is 0 Å². The van der Waals surface area contributed by atoms with E-state index in [0.29, 0.717) is 5.56 Å². The molecule has 0 saturated heterocycles. The van der Waals surface area contributed by atoms with E-state index in [2.05, 4.69) is 6.07 Å². The van der Waals surface area contributed by atoms with Gasteiger partial charge in [-0.05, 0) is 52.1 Å². The third kappa shape index (κ3) is 3.86. The summed E-state index contributed by atoms with van der Waals surface area (Å²) >= 11 is 0. The van der Waals surface area contributed by atoms with Crippen LogP contribution in [0, 0.1) is 0 Å². The van der Waals surface area contributed by atoms with Crippen LogP contribution in [0.5, 0.6) is 0 Å². The van der Waals surface area contributed by atoms with Gasteiger partial charge in [0.05, 0.1) is 4.90 Å². The lowest BCUT2D eigenvalue weighted by Gasteiger charge is -2.13. The van der Waals surface area contributed by atoms with Crippen LogP contribution in [-0.2, 0) is 9.05 Å². The first-order valence-corrected chi connectivity index (χ1v) is 11.1. The number of hydrogen-bond donors (Lipinski definition) is 0. The summed E-state index contributed by atoms with van der Waals surface area (Å²) < 4.78 is 24.2. The lowest BCUT2D eigenvalue weighted by molar-refractivity contribution is 0.610. The van der Waals surface area contributed by atoms with Gasteiger partial charge in [-0.1, -0.05) is 78.9 Å². The Balaban J connectivity index is 1.99. The smallest absolute Gasteiger partial charge is 0.207 e. The molecule has 4 aromatic carbocycles. The van der Waals surface area contributed by atoms with Crippen LogP contribution in [0.15, 0.2) is 108 Å². The average Bonchev–Trinajstić information content (AvgIpc) is 2.74. The molecule has 0 heterocycles. The second-order valence-corrected chi connectivity index (χ2v) is 9.00. The van der Waals surface area contributed by atoms with Gasteiger partial charge in [0.1, 0.15) is 0 Å². The SMILES string of the molecule is O=S(=O)(Cl)c1ccccc1-c1cc(-c2ccccc2)cc(-c2ccccc2)c1. The van der Waals surface area contributed by atoms with Gasteiger partial charge in [-0.2, -0.15) is 0 Å². The molecule has 0 saturated carbocycles. The Morgan fingerprint density at radius 1 is 0.500 bits per heavy atom. The minimum Gasteiger partial charge on any atom is -0.207 e. The molecule has 4 heteroatoms. The fourth-order valence-electron chi connectivity index (χ4n) is 3.30. The molecule has 0 bridgehead atoms. The van der Waals surface area contributed by atoms with Gasteiger partial charge in [0, 0.05) is 16.2 Å². The highest BCUT2D eigenvalue weighted by molar-refractivity contribution is 8.13. The molecule has 0 N–H and O–H groups in total. The molecular formula is C24H17ClO2S. The molecule has 0 fully saturated rings. The zero-order valence-corrected chi connectivity index (χ0v) is 16.5. The van der Waals surface area contributed by atoms with E-state index in [1.54, 1.807) is 12.1 Å². The van der Waals surface area contributed by atoms with Crippen LogP contribution in [0.1, 0.15) is 0 Å². The Bertz CT molecular complexity index is 1160. The molecule has 0 amide bonds. The van der Waals surface area contributed by atoms with Crippen LogP contribution in [0.3, 0.4) is 0 Å². The first kappa shape index (κ1) is 18.5. The topological polar surface area (TPSA) is 34.1 Å². The largest absolute Gasteiger partial charge is 0.261 e. The third-order valence-electron chi connectivity index (χ3n) is 4.61. The summed E-state index contributed by atoms with van der Waals surface area (Å²) in [6, 6.07) is 33.0. The van der Waals surface area contributed by atoms with Gasteiger partial charge in [0.25, 0.3) is 9.05 Å². The van der Waals surface area contributed by atoms with Crippen molar-refractivity contribution in [2.24, 2.45) is 0 Å². The standard InChI is InChI=1S/C24H17ClO2S/c25-28(26,27)24-14-8-7-13-23(24)22-16-20(18-9-3-1-4-10-18)15-21(17-22)19-11-5-2-6-12-19/h1-17H. The van der Waals surface area contributed by atoms with E-state index in [9.17, 15) is 8.42 Å². The Kier molecular flexibility index (Phi) is 5.03. The predicted octanol–water partition coefficient (Wildman–Crippen LogP) is 6.62. The lowest BCUT2D eigenvalue weighted by atomic mass is 9.93. The molecule has 0 aliphatic rings. The summed E-state index contributed by atoms with van der Waals surface area (Å²) in [7, 11) is 1.84. The van der Waals surface area contributed by atoms with Crippen LogP contribution < -0.4 is 0 Å². The van der Waals surface area contributed by atoms with Gasteiger partial charge in [0.2, 0.25) is 0 Å². The average molecular weight is 405 g/mol. The number of halogens is 1. The molecule has 0 atom stereocenters. The minimum absolute atomic E-state index is 0.112. The maximum absolute atomic E-state index is 12.1. The molecule has 2 nitrogen and oxygen atoms in total. The second kappa shape index (κ2) is 7.63. The van der Waals surface area contributed by atoms with E-state index in [1.807, 2.05) is 78.9 Å². The number of rotatable bonds is 4. The van der Waals surface area contributed by atoms with E-state index >= 15 is 0 Å². The van der Waals surface area contributed by atoms with Gasteiger partial charge in [-0.3, -0.25) is 0 Å². The van der Waals surface area contributed by atoms with Crippen molar-refractivity contribution in [2.75, 3.05) is 0 Å². The third-order valence-corrected chi connectivity index (χ3v) is 5.99. The van der Waals surface area contributed by atoms with Crippen molar-refractivity contribution < 1.29 is 8.42 Å². The predicted molar refractivity (Wildman–Crippen MR) is 116 cm³/mol. The molecule has 4 rings (SSSR count). The van der Waals surface area contributed by atoms with Gasteiger partial charge < -0.3 is 0 Å². The molecule has 0 aliphatic carbocycles. The highest BCUT2D eigenvalue weighted by Crippen LogP contribution is 2.36. The van der Waals surface area contributed by atoms with E-state index in [-0.39, 0.29) is 4.90 Å². The summed E-state index contributed by atoms with van der Waals surface area (Å²) in [5.74, 6) is 0. The molecule has 0 aliphatic heterocycles. The molecule has 138 valence electrons. The zero-order chi connectivity index (χ0) is 19.6. The monoisotopic (exact) mass is 404 g/mol. The zero-order valence-electron chi connectivity index (χ0n) is 14.9. The van der Waals surface area contributed by atoms with Crippen LogP contribution in [0.25, 0.3) is 33.4 Å². The molecule has 0 unspecified atom stereocenters. The molecule has 0 spiro atoms. The van der Waals surface area contributed by atoms with Gasteiger partial charge in [-0.25, -0.2) is 8.42 Å². The Hall–Kier alpha value is -2.88. The van der Waals surface area contributed by atoms with Crippen molar-refractivity contribution in [3.05, 3.63) is 103 Å². The van der Waals surface area contributed by atoms with Crippen molar-refractivity contribution in [1.29, 1.82) is 0 Å². The Labute approximate surface area is 169 Å². The minimum atomic E-state index is -3.86. The summed E-state index contributed by atoms with van der Waals surface area (Å²) in [6.45, 7) is 0. The quantitative estimate of drug-likeness (QED) is 0.358. The Morgan fingerprint density at radius 3 is 1.43 bits per heavy atom. The first-order valence-electron chi connectivity index (χ1n) is 8.82. The number of hydrogen-bond acceptors (Lipinski definition) is 2. The van der Waals surface area contributed by atoms with E-state index in [4.69, 9.17) is 10.7 Å². The van der Waals surface area contributed by atoms with Crippen molar-refractivity contribution >= 4 is 19.7 Å². The highest BCUT2D eigenvalue weighted by Gasteiger charge is 2.17. The summed E-state index contributed by atoms with van der Waals surface area (Å²) in [4.78, 5) is 0.112. The van der Waals surface area contributed by atoms with Crippen LogP contribution >= 0.6 is 10.7 Å².